The van der Waals surface area contributed by atoms with E-state index in [2.05, 4.69) is 36.3 Å². The second-order valence-corrected chi connectivity index (χ2v) is 7.94. The average molecular weight is 454 g/mol. The van der Waals surface area contributed by atoms with Crippen LogP contribution in [0, 0.1) is 6.92 Å². The summed E-state index contributed by atoms with van der Waals surface area (Å²) in [5, 5.41) is 10.1. The number of pyridine rings is 1. The van der Waals surface area contributed by atoms with Gasteiger partial charge in [0.2, 0.25) is 0 Å². The van der Waals surface area contributed by atoms with E-state index in [0.29, 0.717) is 12.1 Å². The molecule has 140 valence electrons. The summed E-state index contributed by atoms with van der Waals surface area (Å²) in [7, 11) is 0. The van der Waals surface area contributed by atoms with Crippen molar-refractivity contribution >= 4 is 33.2 Å². The van der Waals surface area contributed by atoms with E-state index >= 15 is 0 Å². The van der Waals surface area contributed by atoms with Crippen molar-refractivity contribution in [3.63, 3.8) is 0 Å². The van der Waals surface area contributed by atoms with E-state index in [1.54, 1.807) is 23.3 Å². The van der Waals surface area contributed by atoms with Crippen molar-refractivity contribution in [1.29, 1.82) is 0 Å². The van der Waals surface area contributed by atoms with E-state index in [9.17, 15) is 4.79 Å². The summed E-state index contributed by atoms with van der Waals surface area (Å²) >= 11 is 4.94. The van der Waals surface area contributed by atoms with Gasteiger partial charge in [-0.25, -0.2) is 9.67 Å². The highest BCUT2D eigenvalue weighted by Gasteiger charge is 2.15. The van der Waals surface area contributed by atoms with Crippen molar-refractivity contribution in [3.8, 4) is 16.9 Å². The van der Waals surface area contributed by atoms with Gasteiger partial charge in [0.15, 0.2) is 0 Å². The quantitative estimate of drug-likeness (QED) is 0.486. The van der Waals surface area contributed by atoms with Gasteiger partial charge >= 0.3 is 0 Å². The Bertz CT molecular complexity index is 1110. The summed E-state index contributed by atoms with van der Waals surface area (Å²) in [5.74, 6) is -0.165. The lowest BCUT2D eigenvalue weighted by Gasteiger charge is -2.06. The van der Waals surface area contributed by atoms with E-state index in [-0.39, 0.29) is 5.91 Å². The molecule has 28 heavy (non-hydrogen) atoms. The number of hydrogen-bond donors (Lipinski definition) is 1. The number of benzene rings is 1. The Hall–Kier alpha value is -2.84. The molecule has 0 saturated carbocycles. The number of amides is 1. The first-order valence-electron chi connectivity index (χ1n) is 8.55. The Balaban J connectivity index is 1.45. The maximum absolute atomic E-state index is 12.6. The standard InChI is InChI=1S/C20H16BrN5OS/c1-13-17(10-24-26(13)16-4-2-15(21)3-5-16)20(27)23-11-19-25-18(12-28-19)14-6-8-22-9-7-14/h2-10,12H,11H2,1H3,(H,23,27). The first-order chi connectivity index (χ1) is 13.6. The minimum Gasteiger partial charge on any atom is -0.345 e. The van der Waals surface area contributed by atoms with Crippen LogP contribution in [-0.4, -0.2) is 25.7 Å². The molecule has 6 nitrogen and oxygen atoms in total. The molecule has 0 aliphatic carbocycles. The van der Waals surface area contributed by atoms with Gasteiger partial charge in [-0.3, -0.25) is 9.78 Å². The number of carbonyl (C=O) groups excluding carboxylic acids is 1. The number of aromatic nitrogens is 4. The predicted molar refractivity (Wildman–Crippen MR) is 113 cm³/mol. The van der Waals surface area contributed by atoms with Gasteiger partial charge in [-0.2, -0.15) is 5.10 Å². The third-order valence-electron chi connectivity index (χ3n) is 4.25. The molecule has 0 atom stereocenters. The molecule has 4 aromatic rings. The van der Waals surface area contributed by atoms with Gasteiger partial charge < -0.3 is 5.32 Å². The monoisotopic (exact) mass is 453 g/mol. The molecule has 8 heteroatoms. The number of carbonyl (C=O) groups is 1. The lowest BCUT2D eigenvalue weighted by atomic mass is 10.2. The first kappa shape index (κ1) is 18.5. The highest BCUT2D eigenvalue weighted by atomic mass is 79.9. The number of hydrogen-bond acceptors (Lipinski definition) is 5. The number of halogens is 1. The molecule has 0 unspecified atom stereocenters. The van der Waals surface area contributed by atoms with E-state index in [0.717, 1.165) is 32.1 Å². The molecule has 0 radical (unpaired) electrons. The Labute approximate surface area is 174 Å². The van der Waals surface area contributed by atoms with Crippen molar-refractivity contribution < 1.29 is 4.79 Å². The topological polar surface area (TPSA) is 72.7 Å². The van der Waals surface area contributed by atoms with Gasteiger partial charge in [-0.1, -0.05) is 15.9 Å². The van der Waals surface area contributed by atoms with Gasteiger partial charge in [-0.15, -0.1) is 11.3 Å². The van der Waals surface area contributed by atoms with Crippen LogP contribution in [0.5, 0.6) is 0 Å². The number of rotatable bonds is 5. The SMILES string of the molecule is Cc1c(C(=O)NCc2nc(-c3ccncc3)cs2)cnn1-c1ccc(Br)cc1. The lowest BCUT2D eigenvalue weighted by Crippen LogP contribution is -2.23. The summed E-state index contributed by atoms with van der Waals surface area (Å²) in [6.07, 6.45) is 5.07. The Morgan fingerprint density at radius 1 is 1.18 bits per heavy atom. The van der Waals surface area contributed by atoms with E-state index < -0.39 is 0 Å². The Morgan fingerprint density at radius 3 is 2.68 bits per heavy atom. The minimum atomic E-state index is -0.165. The van der Waals surface area contributed by atoms with Crippen LogP contribution in [-0.2, 0) is 6.54 Å². The van der Waals surface area contributed by atoms with Gasteiger partial charge in [-0.05, 0) is 43.3 Å². The molecule has 4 rings (SSSR count). The third-order valence-corrected chi connectivity index (χ3v) is 5.63. The van der Waals surface area contributed by atoms with Crippen LogP contribution in [0.15, 0.2) is 64.8 Å². The van der Waals surface area contributed by atoms with Crippen LogP contribution in [0.2, 0.25) is 0 Å². The summed E-state index contributed by atoms with van der Waals surface area (Å²) in [6.45, 7) is 2.26. The van der Waals surface area contributed by atoms with Gasteiger partial charge in [0.25, 0.3) is 5.91 Å². The maximum Gasteiger partial charge on any atom is 0.255 e. The maximum atomic E-state index is 12.6. The van der Waals surface area contributed by atoms with Crippen molar-refractivity contribution in [2.24, 2.45) is 0 Å². The second-order valence-electron chi connectivity index (χ2n) is 6.08. The Kier molecular flexibility index (Phi) is 5.31. The van der Waals surface area contributed by atoms with Crippen molar-refractivity contribution in [3.05, 3.63) is 81.1 Å². The zero-order chi connectivity index (χ0) is 19.5. The van der Waals surface area contributed by atoms with Crippen LogP contribution in [0.25, 0.3) is 16.9 Å². The highest BCUT2D eigenvalue weighted by Crippen LogP contribution is 2.21. The van der Waals surface area contributed by atoms with Crippen LogP contribution in [0.3, 0.4) is 0 Å². The molecule has 0 spiro atoms. The van der Waals surface area contributed by atoms with E-state index in [1.165, 1.54) is 11.3 Å². The molecular weight excluding hydrogens is 438 g/mol. The van der Waals surface area contributed by atoms with Gasteiger partial charge in [0.1, 0.15) is 5.01 Å². The molecule has 1 amide bonds. The zero-order valence-corrected chi connectivity index (χ0v) is 17.4. The van der Waals surface area contributed by atoms with Crippen molar-refractivity contribution in [2.75, 3.05) is 0 Å². The smallest absolute Gasteiger partial charge is 0.255 e. The first-order valence-corrected chi connectivity index (χ1v) is 10.2. The average Bonchev–Trinajstić information content (AvgIpc) is 3.34. The lowest BCUT2D eigenvalue weighted by molar-refractivity contribution is 0.0950. The number of nitrogens with zero attached hydrogens (tertiary/aromatic N) is 4. The van der Waals surface area contributed by atoms with Crippen LogP contribution in [0.1, 0.15) is 21.1 Å². The van der Waals surface area contributed by atoms with Crippen LogP contribution in [0.4, 0.5) is 0 Å². The normalized spacial score (nSPS) is 10.8. The largest absolute Gasteiger partial charge is 0.345 e. The molecular formula is C20H16BrN5OS. The van der Waals surface area contributed by atoms with Crippen molar-refractivity contribution in [2.45, 2.75) is 13.5 Å². The fourth-order valence-corrected chi connectivity index (χ4v) is 3.78. The molecule has 0 bridgehead atoms. The van der Waals surface area contributed by atoms with Crippen molar-refractivity contribution in [1.82, 2.24) is 25.1 Å². The van der Waals surface area contributed by atoms with Gasteiger partial charge in [0, 0.05) is 27.8 Å². The predicted octanol–water partition coefficient (Wildman–Crippen LogP) is 4.39. The summed E-state index contributed by atoms with van der Waals surface area (Å²) in [6, 6.07) is 11.6. The van der Waals surface area contributed by atoms with Gasteiger partial charge in [0.05, 0.1) is 35.4 Å². The molecule has 1 N–H and O–H groups in total. The molecule has 3 aromatic heterocycles. The summed E-state index contributed by atoms with van der Waals surface area (Å²) < 4.78 is 2.75. The molecule has 0 aliphatic heterocycles. The summed E-state index contributed by atoms with van der Waals surface area (Å²) in [5.41, 5.74) is 4.14. The highest BCUT2D eigenvalue weighted by molar-refractivity contribution is 9.10. The molecule has 0 fully saturated rings. The van der Waals surface area contributed by atoms with E-state index in [1.807, 2.05) is 48.7 Å². The third kappa shape index (κ3) is 3.88. The number of nitrogens with one attached hydrogen (secondary N) is 1. The van der Waals surface area contributed by atoms with Crippen LogP contribution >= 0.6 is 27.3 Å². The van der Waals surface area contributed by atoms with Crippen LogP contribution < -0.4 is 5.32 Å². The second kappa shape index (κ2) is 8.04. The minimum absolute atomic E-state index is 0.165. The fourth-order valence-electron chi connectivity index (χ4n) is 2.77. The molecule has 3 heterocycles. The fraction of sp³-hybridized carbons (Fsp3) is 0.100. The zero-order valence-electron chi connectivity index (χ0n) is 15.0. The molecule has 0 saturated heterocycles. The number of thiazole rings is 1. The summed E-state index contributed by atoms with van der Waals surface area (Å²) in [4.78, 5) is 21.2. The Morgan fingerprint density at radius 2 is 1.93 bits per heavy atom. The van der Waals surface area contributed by atoms with E-state index in [4.69, 9.17) is 0 Å². The molecule has 1 aromatic carbocycles. The molecule has 0 aliphatic rings.